The van der Waals surface area contributed by atoms with Crippen molar-refractivity contribution in [2.24, 2.45) is 0 Å². The third-order valence-electron chi connectivity index (χ3n) is 2.63. The average molecular weight is 241 g/mol. The normalized spacial score (nSPS) is 9.94. The van der Waals surface area contributed by atoms with E-state index in [0.29, 0.717) is 17.9 Å². The van der Waals surface area contributed by atoms with Gasteiger partial charge >= 0.3 is 0 Å². The van der Waals surface area contributed by atoms with Crippen LogP contribution >= 0.6 is 0 Å². The quantitative estimate of drug-likeness (QED) is 0.730. The molecule has 0 aliphatic heterocycles. The van der Waals surface area contributed by atoms with E-state index in [2.05, 4.69) is 11.1 Å². The van der Waals surface area contributed by atoms with Crippen LogP contribution in [0, 0.1) is 11.3 Å². The van der Waals surface area contributed by atoms with Gasteiger partial charge in [-0.05, 0) is 25.0 Å². The Hall–Kier alpha value is -2.28. The highest BCUT2D eigenvalue weighted by atomic mass is 16.5. The summed E-state index contributed by atoms with van der Waals surface area (Å²) >= 11 is 0. The molecule has 18 heavy (non-hydrogen) atoms. The SMILES string of the molecule is N#Cc1ccccc1OCCCCn1ccnc1. The van der Waals surface area contributed by atoms with Gasteiger partial charge in [0.15, 0.2) is 0 Å². The molecule has 0 saturated heterocycles. The smallest absolute Gasteiger partial charge is 0.137 e. The van der Waals surface area contributed by atoms with Crippen molar-refractivity contribution in [2.45, 2.75) is 19.4 Å². The van der Waals surface area contributed by atoms with Crippen LogP contribution in [0.15, 0.2) is 43.0 Å². The number of nitriles is 1. The van der Waals surface area contributed by atoms with Gasteiger partial charge in [0.25, 0.3) is 0 Å². The molecule has 4 nitrogen and oxygen atoms in total. The molecule has 1 aromatic heterocycles. The van der Waals surface area contributed by atoms with E-state index in [9.17, 15) is 0 Å². The Labute approximate surface area is 106 Å². The van der Waals surface area contributed by atoms with Crippen molar-refractivity contribution in [1.29, 1.82) is 5.26 Å². The third-order valence-corrected chi connectivity index (χ3v) is 2.63. The number of imidazole rings is 1. The number of rotatable bonds is 6. The van der Waals surface area contributed by atoms with Crippen molar-refractivity contribution < 1.29 is 4.74 Å². The van der Waals surface area contributed by atoms with Gasteiger partial charge in [-0.2, -0.15) is 5.26 Å². The molecule has 0 radical (unpaired) electrons. The number of unbranched alkanes of at least 4 members (excludes halogenated alkanes) is 1. The molecule has 2 rings (SSSR count). The summed E-state index contributed by atoms with van der Waals surface area (Å²) in [4.78, 5) is 3.99. The zero-order chi connectivity index (χ0) is 12.6. The molecule has 0 aliphatic carbocycles. The van der Waals surface area contributed by atoms with Crippen molar-refractivity contribution in [3.8, 4) is 11.8 Å². The summed E-state index contributed by atoms with van der Waals surface area (Å²) in [6.07, 6.45) is 7.53. The van der Waals surface area contributed by atoms with E-state index < -0.39 is 0 Å². The predicted molar refractivity (Wildman–Crippen MR) is 68.1 cm³/mol. The summed E-state index contributed by atoms with van der Waals surface area (Å²) in [5, 5.41) is 8.91. The maximum Gasteiger partial charge on any atom is 0.137 e. The first-order valence-corrected chi connectivity index (χ1v) is 5.98. The lowest BCUT2D eigenvalue weighted by molar-refractivity contribution is 0.302. The van der Waals surface area contributed by atoms with E-state index in [1.165, 1.54) is 0 Å². The lowest BCUT2D eigenvalue weighted by Crippen LogP contribution is -2.01. The zero-order valence-corrected chi connectivity index (χ0v) is 10.1. The third kappa shape index (κ3) is 3.36. The molecule has 0 saturated carbocycles. The highest BCUT2D eigenvalue weighted by molar-refractivity contribution is 5.42. The number of ether oxygens (including phenoxy) is 1. The fourth-order valence-electron chi connectivity index (χ4n) is 1.68. The molecule has 0 bridgehead atoms. The Morgan fingerprint density at radius 1 is 1.28 bits per heavy atom. The monoisotopic (exact) mass is 241 g/mol. The molecular weight excluding hydrogens is 226 g/mol. The minimum absolute atomic E-state index is 0.590. The molecule has 92 valence electrons. The second kappa shape index (κ2) is 6.45. The van der Waals surface area contributed by atoms with E-state index >= 15 is 0 Å². The largest absolute Gasteiger partial charge is 0.492 e. The van der Waals surface area contributed by atoms with Crippen LogP contribution in [0.2, 0.25) is 0 Å². The number of nitrogens with zero attached hydrogens (tertiary/aromatic N) is 3. The van der Waals surface area contributed by atoms with Gasteiger partial charge in [0.05, 0.1) is 18.5 Å². The standard InChI is InChI=1S/C14H15N3O/c15-11-13-5-1-2-6-14(13)18-10-4-3-8-17-9-7-16-12-17/h1-2,5-7,9,12H,3-4,8,10H2. The van der Waals surface area contributed by atoms with Gasteiger partial charge in [-0.25, -0.2) is 4.98 Å². The highest BCUT2D eigenvalue weighted by Crippen LogP contribution is 2.16. The lowest BCUT2D eigenvalue weighted by Gasteiger charge is -2.07. The van der Waals surface area contributed by atoms with Gasteiger partial charge in [0, 0.05) is 18.9 Å². The minimum atomic E-state index is 0.590. The topological polar surface area (TPSA) is 50.8 Å². The van der Waals surface area contributed by atoms with E-state index in [0.717, 1.165) is 19.4 Å². The molecule has 0 unspecified atom stereocenters. The van der Waals surface area contributed by atoms with Crippen LogP contribution in [0.25, 0.3) is 0 Å². The first-order valence-electron chi connectivity index (χ1n) is 5.98. The van der Waals surface area contributed by atoms with Crippen LogP contribution in [-0.2, 0) is 6.54 Å². The Morgan fingerprint density at radius 2 is 2.17 bits per heavy atom. The van der Waals surface area contributed by atoms with Crippen molar-refractivity contribution in [3.63, 3.8) is 0 Å². The molecule has 2 aromatic rings. The van der Waals surface area contributed by atoms with Crippen LogP contribution < -0.4 is 4.74 Å². The van der Waals surface area contributed by atoms with Crippen LogP contribution in [0.1, 0.15) is 18.4 Å². The molecule has 0 amide bonds. The van der Waals surface area contributed by atoms with Crippen molar-refractivity contribution in [3.05, 3.63) is 48.5 Å². The Balaban J connectivity index is 1.71. The molecule has 4 heteroatoms. The molecule has 1 heterocycles. The minimum Gasteiger partial charge on any atom is -0.492 e. The Bertz CT molecular complexity index is 514. The Kier molecular flexibility index (Phi) is 4.37. The molecule has 0 N–H and O–H groups in total. The Morgan fingerprint density at radius 3 is 2.94 bits per heavy atom. The van der Waals surface area contributed by atoms with E-state index in [-0.39, 0.29) is 0 Å². The fraction of sp³-hybridized carbons (Fsp3) is 0.286. The van der Waals surface area contributed by atoms with Crippen LogP contribution in [-0.4, -0.2) is 16.2 Å². The van der Waals surface area contributed by atoms with Crippen molar-refractivity contribution in [1.82, 2.24) is 9.55 Å². The van der Waals surface area contributed by atoms with Crippen LogP contribution in [0.4, 0.5) is 0 Å². The van der Waals surface area contributed by atoms with E-state index in [4.69, 9.17) is 10.00 Å². The number of aryl methyl sites for hydroxylation is 1. The molecule has 0 spiro atoms. The first-order chi connectivity index (χ1) is 8.90. The summed E-state index contributed by atoms with van der Waals surface area (Å²) in [5.41, 5.74) is 0.590. The summed E-state index contributed by atoms with van der Waals surface area (Å²) in [6, 6.07) is 9.43. The predicted octanol–water partition coefficient (Wildman–Crippen LogP) is 2.61. The van der Waals surface area contributed by atoms with Crippen molar-refractivity contribution in [2.75, 3.05) is 6.61 Å². The molecule has 0 fully saturated rings. The van der Waals surface area contributed by atoms with Crippen molar-refractivity contribution >= 4 is 0 Å². The number of para-hydroxylation sites is 1. The maximum absolute atomic E-state index is 8.91. The number of benzene rings is 1. The highest BCUT2D eigenvalue weighted by Gasteiger charge is 2.00. The van der Waals surface area contributed by atoms with E-state index in [1.54, 1.807) is 12.3 Å². The van der Waals surface area contributed by atoms with Gasteiger partial charge in [0.2, 0.25) is 0 Å². The number of hydrogen-bond acceptors (Lipinski definition) is 3. The maximum atomic E-state index is 8.91. The summed E-state index contributed by atoms with van der Waals surface area (Å²) in [6.45, 7) is 1.58. The number of hydrogen-bond donors (Lipinski definition) is 0. The molecular formula is C14H15N3O. The fourth-order valence-corrected chi connectivity index (χ4v) is 1.68. The van der Waals surface area contributed by atoms with Gasteiger partial charge in [-0.15, -0.1) is 0 Å². The summed E-state index contributed by atoms with van der Waals surface area (Å²) in [7, 11) is 0. The summed E-state index contributed by atoms with van der Waals surface area (Å²) in [5.74, 6) is 0.669. The average Bonchev–Trinajstić information content (AvgIpc) is 2.92. The van der Waals surface area contributed by atoms with Gasteiger partial charge in [0.1, 0.15) is 11.8 Å². The zero-order valence-electron chi connectivity index (χ0n) is 10.1. The lowest BCUT2D eigenvalue weighted by atomic mass is 10.2. The van der Waals surface area contributed by atoms with Crippen LogP contribution in [0.3, 0.4) is 0 Å². The second-order valence-corrected chi connectivity index (χ2v) is 3.96. The summed E-state index contributed by atoms with van der Waals surface area (Å²) < 4.78 is 7.64. The van der Waals surface area contributed by atoms with Crippen LogP contribution in [0.5, 0.6) is 5.75 Å². The van der Waals surface area contributed by atoms with E-state index in [1.807, 2.05) is 35.3 Å². The molecule has 0 aliphatic rings. The van der Waals surface area contributed by atoms with Gasteiger partial charge in [-0.3, -0.25) is 0 Å². The first kappa shape index (κ1) is 12.2. The molecule has 0 atom stereocenters. The van der Waals surface area contributed by atoms with Gasteiger partial charge in [-0.1, -0.05) is 12.1 Å². The second-order valence-electron chi connectivity index (χ2n) is 3.96. The molecule has 1 aromatic carbocycles. The van der Waals surface area contributed by atoms with Gasteiger partial charge < -0.3 is 9.30 Å². The number of aromatic nitrogens is 2.